The molecule has 3 heteroatoms. The van der Waals surface area contributed by atoms with E-state index in [0.717, 1.165) is 16.9 Å². The summed E-state index contributed by atoms with van der Waals surface area (Å²) in [6, 6.07) is 10.1. The monoisotopic (exact) mass is 252 g/mol. The Hall–Kier alpha value is -0.990. The lowest BCUT2D eigenvalue weighted by Gasteiger charge is -2.11. The summed E-state index contributed by atoms with van der Waals surface area (Å²) in [5.74, 6) is 0.902. The Morgan fingerprint density at radius 1 is 1.31 bits per heavy atom. The van der Waals surface area contributed by atoms with Crippen LogP contribution >= 0.6 is 22.9 Å². The maximum absolute atomic E-state index is 6.41. The van der Waals surface area contributed by atoms with E-state index in [2.05, 4.69) is 12.1 Å². The van der Waals surface area contributed by atoms with Crippen molar-refractivity contribution in [1.82, 2.24) is 0 Å². The molecule has 0 saturated carbocycles. The lowest BCUT2D eigenvalue weighted by molar-refractivity contribution is 0.411. The van der Waals surface area contributed by atoms with E-state index in [1.54, 1.807) is 18.4 Å². The molecule has 0 spiro atoms. The molecule has 2 aromatic rings. The Balaban J connectivity index is 2.31. The summed E-state index contributed by atoms with van der Waals surface area (Å²) in [5.41, 5.74) is 2.23. The number of ether oxygens (including phenoxy) is 1. The number of hydrogen-bond acceptors (Lipinski definition) is 2. The van der Waals surface area contributed by atoms with Crippen LogP contribution in [-0.4, -0.2) is 7.11 Å². The van der Waals surface area contributed by atoms with Crippen molar-refractivity contribution < 1.29 is 4.74 Å². The first-order valence-electron chi connectivity index (χ1n) is 5.04. The SMILES string of the molecule is COc1ccc(C(Cl)c2cccs2)cc1C. The van der Waals surface area contributed by atoms with Gasteiger partial charge in [-0.2, -0.15) is 0 Å². The van der Waals surface area contributed by atoms with Crippen LogP contribution in [0.15, 0.2) is 35.7 Å². The summed E-state index contributed by atoms with van der Waals surface area (Å²) in [6.45, 7) is 2.03. The second-order valence-corrected chi connectivity index (χ2v) is 5.02. The molecule has 1 unspecified atom stereocenters. The molecule has 1 heterocycles. The molecule has 84 valence electrons. The fourth-order valence-electron chi connectivity index (χ4n) is 1.66. The van der Waals surface area contributed by atoms with E-state index in [0.29, 0.717) is 0 Å². The lowest BCUT2D eigenvalue weighted by atomic mass is 10.1. The zero-order chi connectivity index (χ0) is 11.5. The highest BCUT2D eigenvalue weighted by molar-refractivity contribution is 7.10. The number of rotatable bonds is 3. The van der Waals surface area contributed by atoms with Gasteiger partial charge in [0.2, 0.25) is 0 Å². The number of methoxy groups -OCH3 is 1. The van der Waals surface area contributed by atoms with Crippen molar-refractivity contribution in [2.45, 2.75) is 12.3 Å². The molecule has 1 nitrogen and oxygen atoms in total. The minimum Gasteiger partial charge on any atom is -0.496 e. The molecule has 16 heavy (non-hydrogen) atoms. The predicted molar refractivity (Wildman–Crippen MR) is 69.7 cm³/mol. The standard InChI is InChI=1S/C13H13ClOS/c1-9-8-10(5-6-11(9)15-2)13(14)12-4-3-7-16-12/h3-8,13H,1-2H3. The van der Waals surface area contributed by atoms with Crippen molar-refractivity contribution in [3.05, 3.63) is 51.7 Å². The number of hydrogen-bond donors (Lipinski definition) is 0. The molecule has 0 aliphatic heterocycles. The van der Waals surface area contributed by atoms with Gasteiger partial charge in [0, 0.05) is 4.88 Å². The van der Waals surface area contributed by atoms with Crippen molar-refractivity contribution in [1.29, 1.82) is 0 Å². The van der Waals surface area contributed by atoms with Crippen LogP contribution in [0.5, 0.6) is 5.75 Å². The smallest absolute Gasteiger partial charge is 0.121 e. The number of halogens is 1. The average molecular weight is 253 g/mol. The van der Waals surface area contributed by atoms with E-state index in [4.69, 9.17) is 16.3 Å². The largest absolute Gasteiger partial charge is 0.496 e. The number of thiophene rings is 1. The van der Waals surface area contributed by atoms with Crippen LogP contribution in [0.4, 0.5) is 0 Å². The van der Waals surface area contributed by atoms with Gasteiger partial charge in [0.1, 0.15) is 5.75 Å². The number of aryl methyl sites for hydroxylation is 1. The number of alkyl halides is 1. The third kappa shape index (κ3) is 2.23. The summed E-state index contributed by atoms with van der Waals surface area (Å²) in [4.78, 5) is 1.17. The maximum atomic E-state index is 6.41. The first kappa shape index (κ1) is 11.5. The number of benzene rings is 1. The van der Waals surface area contributed by atoms with Crippen molar-refractivity contribution >= 4 is 22.9 Å². The summed E-state index contributed by atoms with van der Waals surface area (Å²) < 4.78 is 5.23. The first-order valence-corrected chi connectivity index (χ1v) is 6.36. The molecule has 0 N–H and O–H groups in total. The van der Waals surface area contributed by atoms with Gasteiger partial charge in [-0.15, -0.1) is 22.9 Å². The van der Waals surface area contributed by atoms with Gasteiger partial charge in [-0.05, 0) is 35.6 Å². The van der Waals surface area contributed by atoms with Gasteiger partial charge in [-0.25, -0.2) is 0 Å². The highest BCUT2D eigenvalue weighted by Gasteiger charge is 2.12. The molecule has 0 aliphatic carbocycles. The van der Waals surface area contributed by atoms with Gasteiger partial charge in [0.25, 0.3) is 0 Å². The molecular weight excluding hydrogens is 240 g/mol. The van der Waals surface area contributed by atoms with E-state index in [1.807, 2.05) is 30.5 Å². The minimum atomic E-state index is -0.0652. The molecule has 0 saturated heterocycles. The molecular formula is C13H13ClOS. The van der Waals surface area contributed by atoms with E-state index in [1.165, 1.54) is 4.88 Å². The summed E-state index contributed by atoms with van der Waals surface area (Å²) in [6.07, 6.45) is 0. The molecule has 1 atom stereocenters. The minimum absolute atomic E-state index is 0.0652. The Kier molecular flexibility index (Phi) is 3.52. The third-order valence-electron chi connectivity index (χ3n) is 2.50. The van der Waals surface area contributed by atoms with Gasteiger partial charge in [0.15, 0.2) is 0 Å². The molecule has 0 amide bonds. The van der Waals surface area contributed by atoms with Crippen LogP contribution in [-0.2, 0) is 0 Å². The summed E-state index contributed by atoms with van der Waals surface area (Å²) in [7, 11) is 1.68. The average Bonchev–Trinajstić information content (AvgIpc) is 2.81. The van der Waals surface area contributed by atoms with Crippen LogP contribution in [0.1, 0.15) is 21.4 Å². The van der Waals surface area contributed by atoms with Crippen molar-refractivity contribution in [3.63, 3.8) is 0 Å². The van der Waals surface area contributed by atoms with Crippen molar-refractivity contribution in [3.8, 4) is 5.75 Å². The quantitative estimate of drug-likeness (QED) is 0.736. The highest BCUT2D eigenvalue weighted by Crippen LogP contribution is 2.33. The summed E-state index contributed by atoms with van der Waals surface area (Å²) >= 11 is 8.09. The molecule has 0 fully saturated rings. The Morgan fingerprint density at radius 3 is 2.69 bits per heavy atom. The molecule has 1 aromatic heterocycles. The van der Waals surface area contributed by atoms with Crippen LogP contribution in [0.2, 0.25) is 0 Å². The van der Waals surface area contributed by atoms with Crippen LogP contribution in [0, 0.1) is 6.92 Å². The topological polar surface area (TPSA) is 9.23 Å². The maximum Gasteiger partial charge on any atom is 0.121 e. The van der Waals surface area contributed by atoms with Gasteiger partial charge >= 0.3 is 0 Å². The fraction of sp³-hybridized carbons (Fsp3) is 0.231. The fourth-order valence-corrected chi connectivity index (χ4v) is 2.75. The van der Waals surface area contributed by atoms with Gasteiger partial charge in [-0.3, -0.25) is 0 Å². The van der Waals surface area contributed by atoms with Crippen molar-refractivity contribution in [2.75, 3.05) is 7.11 Å². The highest BCUT2D eigenvalue weighted by atomic mass is 35.5. The van der Waals surface area contributed by atoms with Crippen molar-refractivity contribution in [2.24, 2.45) is 0 Å². The van der Waals surface area contributed by atoms with Gasteiger partial charge in [-0.1, -0.05) is 18.2 Å². The van der Waals surface area contributed by atoms with Crippen LogP contribution in [0.3, 0.4) is 0 Å². The van der Waals surface area contributed by atoms with E-state index >= 15 is 0 Å². The molecule has 0 radical (unpaired) electrons. The van der Waals surface area contributed by atoms with Crippen LogP contribution in [0.25, 0.3) is 0 Å². The van der Waals surface area contributed by atoms with E-state index < -0.39 is 0 Å². The molecule has 2 rings (SSSR count). The summed E-state index contributed by atoms with van der Waals surface area (Å²) in [5, 5.41) is 1.98. The first-order chi connectivity index (χ1) is 7.72. The van der Waals surface area contributed by atoms with Gasteiger partial charge < -0.3 is 4.74 Å². The lowest BCUT2D eigenvalue weighted by Crippen LogP contribution is -1.93. The third-order valence-corrected chi connectivity index (χ3v) is 4.06. The van der Waals surface area contributed by atoms with E-state index in [9.17, 15) is 0 Å². The van der Waals surface area contributed by atoms with E-state index in [-0.39, 0.29) is 5.38 Å². The Bertz CT molecular complexity index is 465. The Morgan fingerprint density at radius 2 is 2.12 bits per heavy atom. The zero-order valence-electron chi connectivity index (χ0n) is 9.24. The normalized spacial score (nSPS) is 12.4. The predicted octanol–water partition coefficient (Wildman–Crippen LogP) is 4.39. The zero-order valence-corrected chi connectivity index (χ0v) is 10.8. The Labute approximate surface area is 105 Å². The second kappa shape index (κ2) is 4.89. The van der Waals surface area contributed by atoms with Gasteiger partial charge in [0.05, 0.1) is 12.5 Å². The van der Waals surface area contributed by atoms with Crippen LogP contribution < -0.4 is 4.74 Å². The molecule has 1 aromatic carbocycles. The second-order valence-electron chi connectivity index (χ2n) is 3.61. The molecule has 0 bridgehead atoms. The molecule has 0 aliphatic rings.